The molecule has 1 N–H and O–H groups in total. The zero-order valence-corrected chi connectivity index (χ0v) is 15.3. The summed E-state index contributed by atoms with van der Waals surface area (Å²) >= 11 is 0. The van der Waals surface area contributed by atoms with Gasteiger partial charge in [0.25, 0.3) is 0 Å². The first-order valence-electron chi connectivity index (χ1n) is 8.14. The summed E-state index contributed by atoms with van der Waals surface area (Å²) in [5.41, 5.74) is -1.31. The Morgan fingerprint density at radius 3 is 2.35 bits per heavy atom. The quantitative estimate of drug-likeness (QED) is 0.777. The average Bonchev–Trinajstić information content (AvgIpc) is 2.61. The number of nitrogens with zero attached hydrogens (tertiary/aromatic N) is 1. The number of methoxy groups -OCH3 is 1. The maximum Gasteiger partial charge on any atom is 0.347 e. The molecular formula is C19H23NO6. The highest BCUT2D eigenvalue weighted by Gasteiger charge is 2.31. The maximum atomic E-state index is 12.1. The molecule has 2 rings (SSSR count). The van der Waals surface area contributed by atoms with Gasteiger partial charge in [-0.05, 0) is 45.0 Å². The molecule has 0 aliphatic carbocycles. The van der Waals surface area contributed by atoms with Crippen molar-refractivity contribution in [3.05, 3.63) is 52.4 Å². The van der Waals surface area contributed by atoms with Crippen LogP contribution in [0.15, 0.2) is 41.3 Å². The van der Waals surface area contributed by atoms with Crippen LogP contribution in [0, 0.1) is 6.92 Å². The highest BCUT2D eigenvalue weighted by atomic mass is 16.5. The predicted molar refractivity (Wildman–Crippen MR) is 96.3 cm³/mol. The van der Waals surface area contributed by atoms with E-state index in [1.807, 2.05) is 0 Å². The van der Waals surface area contributed by atoms with Gasteiger partial charge in [0.2, 0.25) is 5.43 Å². The third-order valence-electron chi connectivity index (χ3n) is 3.92. The van der Waals surface area contributed by atoms with Crippen molar-refractivity contribution >= 4 is 5.97 Å². The topological polar surface area (TPSA) is 87.0 Å². The summed E-state index contributed by atoms with van der Waals surface area (Å²) in [5.74, 6) is 0.336. The molecule has 2 aromatic rings. The summed E-state index contributed by atoms with van der Waals surface area (Å²) in [5, 5.41) is 9.20. The van der Waals surface area contributed by atoms with E-state index in [4.69, 9.17) is 14.2 Å². The molecule has 0 spiro atoms. The number of rotatable bonds is 8. The van der Waals surface area contributed by atoms with Crippen molar-refractivity contribution in [1.82, 2.24) is 4.57 Å². The Morgan fingerprint density at radius 2 is 1.77 bits per heavy atom. The van der Waals surface area contributed by atoms with Crippen molar-refractivity contribution in [1.29, 1.82) is 0 Å². The highest BCUT2D eigenvalue weighted by Crippen LogP contribution is 2.20. The first kappa shape index (κ1) is 19.4. The second-order valence-electron chi connectivity index (χ2n) is 6.23. The summed E-state index contributed by atoms with van der Waals surface area (Å²) in [7, 11) is 1.60. The van der Waals surface area contributed by atoms with Crippen LogP contribution in [0.4, 0.5) is 0 Å². The van der Waals surface area contributed by atoms with Crippen LogP contribution in [-0.2, 0) is 11.3 Å². The minimum atomic E-state index is -1.50. The Kier molecular flexibility index (Phi) is 5.92. The zero-order chi connectivity index (χ0) is 19.3. The molecule has 0 aliphatic rings. The molecule has 0 amide bonds. The van der Waals surface area contributed by atoms with Crippen molar-refractivity contribution < 1.29 is 24.1 Å². The van der Waals surface area contributed by atoms with E-state index in [0.29, 0.717) is 24.6 Å². The second kappa shape index (κ2) is 7.95. The van der Waals surface area contributed by atoms with E-state index in [2.05, 4.69) is 0 Å². The standard InChI is InChI=1S/C19H23NO6/c1-13-17(26-19(2,3)18(22)23)16(21)9-10-20(13)11-12-25-15-7-5-14(24-4)6-8-15/h5-10H,11-12H2,1-4H3,(H,22,23). The lowest BCUT2D eigenvalue weighted by molar-refractivity contribution is -0.152. The molecule has 0 fully saturated rings. The fraction of sp³-hybridized carbons (Fsp3) is 0.368. The van der Waals surface area contributed by atoms with Crippen LogP contribution in [0.5, 0.6) is 17.2 Å². The summed E-state index contributed by atoms with van der Waals surface area (Å²) in [6, 6.07) is 8.58. The minimum Gasteiger partial charge on any atom is -0.497 e. The Hall–Kier alpha value is -2.96. The van der Waals surface area contributed by atoms with Crippen LogP contribution >= 0.6 is 0 Å². The molecule has 1 aromatic carbocycles. The maximum absolute atomic E-state index is 12.1. The van der Waals surface area contributed by atoms with Crippen LogP contribution in [0.25, 0.3) is 0 Å². The molecular weight excluding hydrogens is 338 g/mol. The Labute approximate surface area is 151 Å². The summed E-state index contributed by atoms with van der Waals surface area (Å²) in [4.78, 5) is 23.3. The van der Waals surface area contributed by atoms with Gasteiger partial charge in [0, 0.05) is 12.3 Å². The lowest BCUT2D eigenvalue weighted by atomic mass is 10.1. The van der Waals surface area contributed by atoms with Crippen LogP contribution in [0.1, 0.15) is 19.5 Å². The molecule has 140 valence electrons. The Morgan fingerprint density at radius 1 is 1.15 bits per heavy atom. The van der Waals surface area contributed by atoms with Crippen molar-refractivity contribution in [2.75, 3.05) is 13.7 Å². The SMILES string of the molecule is COc1ccc(OCCn2ccc(=O)c(OC(C)(C)C(=O)O)c2C)cc1. The van der Waals surface area contributed by atoms with E-state index in [1.165, 1.54) is 19.9 Å². The molecule has 0 saturated carbocycles. The third kappa shape index (κ3) is 4.56. The zero-order valence-electron chi connectivity index (χ0n) is 15.3. The van der Waals surface area contributed by atoms with Gasteiger partial charge < -0.3 is 23.9 Å². The van der Waals surface area contributed by atoms with E-state index in [0.717, 1.165) is 5.75 Å². The number of hydrogen-bond donors (Lipinski definition) is 1. The molecule has 7 nitrogen and oxygen atoms in total. The number of aliphatic carboxylic acids is 1. The van der Waals surface area contributed by atoms with Crippen LogP contribution in [-0.4, -0.2) is 35.0 Å². The number of carboxylic acid groups (broad SMARTS) is 1. The van der Waals surface area contributed by atoms with E-state index in [1.54, 1.807) is 49.1 Å². The van der Waals surface area contributed by atoms with Crippen LogP contribution in [0.2, 0.25) is 0 Å². The van der Waals surface area contributed by atoms with Gasteiger partial charge in [0.05, 0.1) is 19.3 Å². The van der Waals surface area contributed by atoms with Crippen LogP contribution < -0.4 is 19.6 Å². The lowest BCUT2D eigenvalue weighted by Crippen LogP contribution is -2.39. The minimum absolute atomic E-state index is 0.0318. The first-order chi connectivity index (χ1) is 12.2. The van der Waals surface area contributed by atoms with Gasteiger partial charge in [-0.3, -0.25) is 4.79 Å². The molecule has 0 saturated heterocycles. The van der Waals surface area contributed by atoms with Gasteiger partial charge >= 0.3 is 5.97 Å². The summed E-state index contributed by atoms with van der Waals surface area (Å²) in [6.07, 6.45) is 1.63. The predicted octanol–water partition coefficient (Wildman–Crippen LogP) is 2.49. The number of hydrogen-bond acceptors (Lipinski definition) is 5. The molecule has 0 atom stereocenters. The largest absolute Gasteiger partial charge is 0.497 e. The third-order valence-corrected chi connectivity index (χ3v) is 3.92. The van der Waals surface area contributed by atoms with E-state index in [-0.39, 0.29) is 11.2 Å². The van der Waals surface area contributed by atoms with Gasteiger partial charge in [0.1, 0.15) is 18.1 Å². The second-order valence-corrected chi connectivity index (χ2v) is 6.23. The molecule has 0 bridgehead atoms. The molecule has 0 unspecified atom stereocenters. The fourth-order valence-electron chi connectivity index (χ4n) is 2.25. The first-order valence-corrected chi connectivity index (χ1v) is 8.14. The fourth-order valence-corrected chi connectivity index (χ4v) is 2.25. The van der Waals surface area contributed by atoms with Crippen molar-refractivity contribution in [3.63, 3.8) is 0 Å². The molecule has 7 heteroatoms. The van der Waals surface area contributed by atoms with Crippen molar-refractivity contribution in [3.8, 4) is 17.2 Å². The molecule has 0 radical (unpaired) electrons. The van der Waals surface area contributed by atoms with Crippen LogP contribution in [0.3, 0.4) is 0 Å². The lowest BCUT2D eigenvalue weighted by Gasteiger charge is -2.23. The van der Waals surface area contributed by atoms with Gasteiger partial charge in [-0.1, -0.05) is 0 Å². The number of pyridine rings is 1. The monoisotopic (exact) mass is 361 g/mol. The van der Waals surface area contributed by atoms with E-state index >= 15 is 0 Å². The number of ether oxygens (including phenoxy) is 3. The normalized spacial score (nSPS) is 11.1. The summed E-state index contributed by atoms with van der Waals surface area (Å²) < 4.78 is 18.0. The number of benzene rings is 1. The molecule has 26 heavy (non-hydrogen) atoms. The number of carbonyl (C=O) groups is 1. The number of aromatic nitrogens is 1. The average molecular weight is 361 g/mol. The van der Waals surface area contributed by atoms with E-state index < -0.39 is 11.6 Å². The molecule has 1 aromatic heterocycles. The molecule has 0 aliphatic heterocycles. The van der Waals surface area contributed by atoms with Crippen molar-refractivity contribution in [2.45, 2.75) is 32.9 Å². The van der Waals surface area contributed by atoms with Crippen molar-refractivity contribution in [2.24, 2.45) is 0 Å². The Balaban J connectivity index is 2.09. The van der Waals surface area contributed by atoms with Gasteiger partial charge in [0.15, 0.2) is 11.4 Å². The van der Waals surface area contributed by atoms with Gasteiger partial charge in [-0.15, -0.1) is 0 Å². The van der Waals surface area contributed by atoms with Gasteiger partial charge in [-0.2, -0.15) is 0 Å². The summed E-state index contributed by atoms with van der Waals surface area (Å²) in [6.45, 7) is 5.36. The van der Waals surface area contributed by atoms with E-state index in [9.17, 15) is 14.7 Å². The Bertz CT molecular complexity index is 823. The number of carboxylic acids is 1. The van der Waals surface area contributed by atoms with Gasteiger partial charge in [-0.25, -0.2) is 4.79 Å². The smallest absolute Gasteiger partial charge is 0.347 e. The highest BCUT2D eigenvalue weighted by molar-refractivity contribution is 5.76. The molecule has 1 heterocycles.